The Bertz CT molecular complexity index is 992. The van der Waals surface area contributed by atoms with Gasteiger partial charge >= 0.3 is 0 Å². The van der Waals surface area contributed by atoms with Gasteiger partial charge in [-0.05, 0) is 43.5 Å². The van der Waals surface area contributed by atoms with Crippen molar-refractivity contribution in [3.05, 3.63) is 66.9 Å². The molecule has 3 aromatic rings. The molecule has 1 fully saturated rings. The number of para-hydroxylation sites is 1. The van der Waals surface area contributed by atoms with E-state index in [4.69, 9.17) is 9.72 Å². The highest BCUT2D eigenvalue weighted by molar-refractivity contribution is 5.78. The number of nitrogens with zero attached hydrogens (tertiary/aromatic N) is 4. The molecule has 2 aromatic heterocycles. The van der Waals surface area contributed by atoms with Crippen molar-refractivity contribution in [3.63, 3.8) is 0 Å². The van der Waals surface area contributed by atoms with Gasteiger partial charge in [0.1, 0.15) is 11.6 Å². The van der Waals surface area contributed by atoms with Gasteiger partial charge in [0.25, 0.3) is 5.91 Å². The van der Waals surface area contributed by atoms with E-state index in [-0.39, 0.29) is 17.9 Å². The number of piperidine rings is 1. The SMILES string of the molecule is O=C(COc1ccccc1)N1CCC2(CC1)CCn1c(-c3cccnc3)cnc12. The lowest BCUT2D eigenvalue weighted by atomic mass is 9.76. The van der Waals surface area contributed by atoms with Crippen LogP contribution >= 0.6 is 0 Å². The van der Waals surface area contributed by atoms with Crippen LogP contribution in [0.2, 0.25) is 0 Å². The largest absolute Gasteiger partial charge is 0.484 e. The van der Waals surface area contributed by atoms with Crippen molar-refractivity contribution in [2.75, 3.05) is 19.7 Å². The molecular formula is C23H24N4O2. The number of fused-ring (bicyclic) bond motifs is 2. The Hall–Kier alpha value is -3.15. The number of ether oxygens (including phenoxy) is 1. The zero-order valence-electron chi connectivity index (χ0n) is 16.3. The number of imidazole rings is 1. The maximum Gasteiger partial charge on any atom is 0.260 e. The molecule has 5 rings (SSSR count). The first-order valence-corrected chi connectivity index (χ1v) is 10.2. The summed E-state index contributed by atoms with van der Waals surface area (Å²) in [7, 11) is 0. The zero-order valence-corrected chi connectivity index (χ0v) is 16.3. The minimum atomic E-state index is 0.0566. The first kappa shape index (κ1) is 17.9. The fourth-order valence-corrected chi connectivity index (χ4v) is 4.62. The third-order valence-electron chi connectivity index (χ3n) is 6.28. The highest BCUT2D eigenvalue weighted by atomic mass is 16.5. The molecule has 1 spiro atoms. The average molecular weight is 388 g/mol. The van der Waals surface area contributed by atoms with Gasteiger partial charge in [-0.25, -0.2) is 4.98 Å². The van der Waals surface area contributed by atoms with Crippen LogP contribution in [-0.4, -0.2) is 45.0 Å². The van der Waals surface area contributed by atoms with Gasteiger partial charge in [-0.2, -0.15) is 0 Å². The van der Waals surface area contributed by atoms with Gasteiger partial charge in [0.2, 0.25) is 0 Å². The van der Waals surface area contributed by atoms with Crippen LogP contribution in [0, 0.1) is 0 Å². The molecule has 0 N–H and O–H groups in total. The molecule has 0 unspecified atom stereocenters. The van der Waals surface area contributed by atoms with Crippen molar-refractivity contribution in [1.82, 2.24) is 19.4 Å². The van der Waals surface area contributed by atoms with Crippen molar-refractivity contribution in [2.24, 2.45) is 0 Å². The Morgan fingerprint density at radius 3 is 2.55 bits per heavy atom. The average Bonchev–Trinajstić information content (AvgIpc) is 3.36. The second-order valence-corrected chi connectivity index (χ2v) is 7.87. The third-order valence-corrected chi connectivity index (χ3v) is 6.28. The molecule has 0 atom stereocenters. The molecule has 6 nitrogen and oxygen atoms in total. The van der Waals surface area contributed by atoms with E-state index in [2.05, 4.69) is 15.6 Å². The monoisotopic (exact) mass is 388 g/mol. The number of likely N-dealkylation sites (tertiary alicyclic amines) is 1. The Labute approximate surface area is 170 Å². The van der Waals surface area contributed by atoms with Crippen molar-refractivity contribution in [2.45, 2.75) is 31.2 Å². The first-order valence-electron chi connectivity index (χ1n) is 10.2. The minimum absolute atomic E-state index is 0.0566. The maximum atomic E-state index is 12.6. The molecule has 0 aliphatic carbocycles. The van der Waals surface area contributed by atoms with Crippen LogP contribution in [0.25, 0.3) is 11.3 Å². The minimum Gasteiger partial charge on any atom is -0.484 e. The first-order chi connectivity index (χ1) is 14.3. The second-order valence-electron chi connectivity index (χ2n) is 7.87. The second kappa shape index (κ2) is 7.35. The summed E-state index contributed by atoms with van der Waals surface area (Å²) in [5.74, 6) is 1.96. The molecule has 6 heteroatoms. The van der Waals surface area contributed by atoms with Gasteiger partial charge in [-0.3, -0.25) is 9.78 Å². The van der Waals surface area contributed by atoms with Gasteiger partial charge < -0.3 is 14.2 Å². The molecule has 1 amide bonds. The number of benzene rings is 1. The van der Waals surface area contributed by atoms with E-state index in [1.807, 2.05) is 53.7 Å². The van der Waals surface area contributed by atoms with E-state index < -0.39 is 0 Å². The summed E-state index contributed by atoms with van der Waals surface area (Å²) in [5.41, 5.74) is 2.33. The number of rotatable bonds is 4. The summed E-state index contributed by atoms with van der Waals surface area (Å²) in [6.45, 7) is 2.58. The van der Waals surface area contributed by atoms with Crippen molar-refractivity contribution in [3.8, 4) is 17.0 Å². The van der Waals surface area contributed by atoms with E-state index >= 15 is 0 Å². The molecule has 1 aromatic carbocycles. The Kier molecular flexibility index (Phi) is 4.54. The Morgan fingerprint density at radius 1 is 1.00 bits per heavy atom. The van der Waals surface area contributed by atoms with Crippen LogP contribution < -0.4 is 4.74 Å². The summed E-state index contributed by atoms with van der Waals surface area (Å²) >= 11 is 0. The predicted octanol–water partition coefficient (Wildman–Crippen LogP) is 3.29. The van der Waals surface area contributed by atoms with Crippen LogP contribution in [0.4, 0.5) is 0 Å². The van der Waals surface area contributed by atoms with Crippen LogP contribution in [0.3, 0.4) is 0 Å². The van der Waals surface area contributed by atoms with E-state index in [0.29, 0.717) is 0 Å². The maximum absolute atomic E-state index is 12.6. The lowest BCUT2D eigenvalue weighted by molar-refractivity contribution is -0.135. The smallest absolute Gasteiger partial charge is 0.260 e. The van der Waals surface area contributed by atoms with Crippen LogP contribution in [0.1, 0.15) is 25.1 Å². The summed E-state index contributed by atoms with van der Waals surface area (Å²) in [4.78, 5) is 23.6. The topological polar surface area (TPSA) is 60.2 Å². The van der Waals surface area contributed by atoms with Gasteiger partial charge in [0, 0.05) is 43.0 Å². The van der Waals surface area contributed by atoms with E-state index in [1.54, 1.807) is 6.20 Å². The third kappa shape index (κ3) is 3.28. The van der Waals surface area contributed by atoms with Crippen LogP contribution in [0.15, 0.2) is 61.1 Å². The molecule has 148 valence electrons. The number of pyridine rings is 1. The molecule has 0 bridgehead atoms. The molecule has 29 heavy (non-hydrogen) atoms. The number of amides is 1. The van der Waals surface area contributed by atoms with Gasteiger partial charge in [-0.1, -0.05) is 18.2 Å². The fourth-order valence-electron chi connectivity index (χ4n) is 4.62. The molecule has 2 aliphatic heterocycles. The number of carbonyl (C=O) groups is 1. The molecule has 1 saturated heterocycles. The van der Waals surface area contributed by atoms with Crippen LogP contribution in [-0.2, 0) is 16.8 Å². The number of aromatic nitrogens is 3. The lowest BCUT2D eigenvalue weighted by Gasteiger charge is -2.38. The van der Waals surface area contributed by atoms with Crippen LogP contribution in [0.5, 0.6) is 5.75 Å². The predicted molar refractivity (Wildman–Crippen MR) is 110 cm³/mol. The summed E-state index contributed by atoms with van der Waals surface area (Å²) in [6.07, 6.45) is 8.65. The zero-order chi connectivity index (χ0) is 19.7. The Balaban J connectivity index is 1.25. The number of hydrogen-bond donors (Lipinski definition) is 0. The van der Waals surface area contributed by atoms with Gasteiger partial charge in [-0.15, -0.1) is 0 Å². The summed E-state index contributed by atoms with van der Waals surface area (Å²) in [5, 5.41) is 0. The van der Waals surface area contributed by atoms with E-state index in [0.717, 1.165) is 55.9 Å². The summed E-state index contributed by atoms with van der Waals surface area (Å²) in [6, 6.07) is 13.5. The summed E-state index contributed by atoms with van der Waals surface area (Å²) < 4.78 is 7.97. The highest BCUT2D eigenvalue weighted by Crippen LogP contribution is 2.44. The van der Waals surface area contributed by atoms with Crippen molar-refractivity contribution >= 4 is 5.91 Å². The standard InChI is InChI=1S/C23H24N4O2/c28-21(17-29-19-6-2-1-3-7-19)26-12-8-23(9-13-26)10-14-27-20(16-25-22(23)27)18-5-4-11-24-15-18/h1-7,11,15-16H,8-10,12-14,17H2. The van der Waals surface area contributed by atoms with E-state index in [1.165, 1.54) is 5.82 Å². The lowest BCUT2D eigenvalue weighted by Crippen LogP contribution is -2.46. The highest BCUT2D eigenvalue weighted by Gasteiger charge is 2.44. The molecular weight excluding hydrogens is 364 g/mol. The molecule has 2 aliphatic rings. The van der Waals surface area contributed by atoms with Crippen molar-refractivity contribution < 1.29 is 9.53 Å². The molecule has 4 heterocycles. The van der Waals surface area contributed by atoms with Crippen molar-refractivity contribution in [1.29, 1.82) is 0 Å². The normalized spacial score (nSPS) is 17.3. The number of hydrogen-bond acceptors (Lipinski definition) is 4. The fraction of sp³-hybridized carbons (Fsp3) is 0.348. The van der Waals surface area contributed by atoms with Gasteiger partial charge in [0.05, 0.1) is 11.9 Å². The quantitative estimate of drug-likeness (QED) is 0.688. The Morgan fingerprint density at radius 2 is 1.79 bits per heavy atom. The van der Waals surface area contributed by atoms with Gasteiger partial charge in [0.15, 0.2) is 6.61 Å². The molecule has 0 saturated carbocycles. The molecule has 0 radical (unpaired) electrons. The number of carbonyl (C=O) groups excluding carboxylic acids is 1. The van der Waals surface area contributed by atoms with E-state index in [9.17, 15) is 4.79 Å².